The fourth-order valence-electron chi connectivity index (χ4n) is 4.03. The number of amides is 3. The molecule has 0 heterocycles. The van der Waals surface area contributed by atoms with Crippen molar-refractivity contribution in [3.05, 3.63) is 59.7 Å². The monoisotopic (exact) mass is 571 g/mol. The smallest absolute Gasteiger partial charge is 0.408 e. The molecule has 2 unspecified atom stereocenters. The summed E-state index contributed by atoms with van der Waals surface area (Å²) in [4.78, 5) is 54.2. The number of carbonyl (C=O) groups excluding carboxylic acids is 4. The van der Waals surface area contributed by atoms with Gasteiger partial charge < -0.3 is 35.2 Å². The largest absolute Gasteiger partial charge is 0.508 e. The number of nitrogens with zero attached hydrogens (tertiary/aromatic N) is 1. The summed E-state index contributed by atoms with van der Waals surface area (Å²) >= 11 is 0. The molecule has 0 radical (unpaired) electrons. The molecular weight excluding hydrogens is 530 g/mol. The third-order valence-electron chi connectivity index (χ3n) is 6.47. The normalized spacial score (nSPS) is 13.0. The predicted molar refractivity (Wildman–Crippen MR) is 152 cm³/mol. The van der Waals surface area contributed by atoms with E-state index >= 15 is 0 Å². The third-order valence-corrected chi connectivity index (χ3v) is 6.47. The van der Waals surface area contributed by atoms with Crippen LogP contribution in [0.4, 0.5) is 4.79 Å². The van der Waals surface area contributed by atoms with Crippen LogP contribution in [0.3, 0.4) is 0 Å². The van der Waals surface area contributed by atoms with Crippen LogP contribution in [-0.2, 0) is 30.3 Å². The van der Waals surface area contributed by atoms with Gasteiger partial charge in [0.25, 0.3) is 0 Å². The van der Waals surface area contributed by atoms with Gasteiger partial charge in [-0.05, 0) is 76.4 Å². The summed E-state index contributed by atoms with van der Waals surface area (Å²) < 4.78 is 10.1. The van der Waals surface area contributed by atoms with Crippen molar-refractivity contribution in [1.82, 2.24) is 15.5 Å². The van der Waals surface area contributed by atoms with Crippen LogP contribution in [0.2, 0.25) is 0 Å². The second-order valence-corrected chi connectivity index (χ2v) is 11.2. The second kappa shape index (κ2) is 13.9. The Hall–Kier alpha value is -4.28. The van der Waals surface area contributed by atoms with Crippen molar-refractivity contribution < 1.29 is 38.9 Å². The average molecular weight is 572 g/mol. The number of ether oxygens (including phenoxy) is 2. The minimum absolute atomic E-state index is 0.0285. The van der Waals surface area contributed by atoms with Crippen molar-refractivity contribution in [2.24, 2.45) is 0 Å². The van der Waals surface area contributed by atoms with Crippen LogP contribution >= 0.6 is 0 Å². The molecule has 2 rings (SSSR count). The molecule has 2 aromatic rings. The molecule has 2 aromatic carbocycles. The summed E-state index contributed by atoms with van der Waals surface area (Å²) in [7, 11) is 1.19. The molecule has 3 amide bonds. The Morgan fingerprint density at radius 3 is 1.93 bits per heavy atom. The number of alkyl carbamates (subject to hydrolysis) is 1. The van der Waals surface area contributed by atoms with Gasteiger partial charge in [-0.3, -0.25) is 14.4 Å². The van der Waals surface area contributed by atoms with Crippen molar-refractivity contribution in [2.75, 3.05) is 13.7 Å². The number of carbonyl (C=O) groups is 4. The molecule has 0 saturated heterocycles. The summed E-state index contributed by atoms with van der Waals surface area (Å²) in [6, 6.07) is 9.59. The molecular formula is C30H41N3O8. The molecule has 41 heavy (non-hydrogen) atoms. The zero-order chi connectivity index (χ0) is 31.0. The van der Waals surface area contributed by atoms with Gasteiger partial charge in [0.15, 0.2) is 0 Å². The number of phenolic OH excluding ortho intramolecular Hbond substituents is 2. The molecule has 11 nitrogen and oxygen atoms in total. The lowest BCUT2D eigenvalue weighted by Gasteiger charge is -2.44. The van der Waals surface area contributed by atoms with Gasteiger partial charge >= 0.3 is 12.1 Å². The first kappa shape index (κ1) is 32.9. The SMILES string of the molecule is CCC(C)(C)N(C(=O)C(Cc1ccc(O)cc1)NC(=O)OC(C)(C)C)C(C(=O)NCC(=O)OC)c1ccc(O)cc1. The fraction of sp³-hybridized carbons (Fsp3) is 0.467. The number of benzene rings is 2. The maximum absolute atomic E-state index is 14.5. The molecule has 2 atom stereocenters. The van der Waals surface area contributed by atoms with Crippen LogP contribution in [0.5, 0.6) is 11.5 Å². The molecule has 0 aliphatic heterocycles. The van der Waals surface area contributed by atoms with Crippen molar-refractivity contribution in [3.63, 3.8) is 0 Å². The van der Waals surface area contributed by atoms with Gasteiger partial charge in [-0.1, -0.05) is 31.2 Å². The highest BCUT2D eigenvalue weighted by Gasteiger charge is 2.43. The molecule has 0 fully saturated rings. The Morgan fingerprint density at radius 1 is 0.902 bits per heavy atom. The van der Waals surface area contributed by atoms with Gasteiger partial charge in [0.1, 0.15) is 35.7 Å². The molecule has 0 bridgehead atoms. The van der Waals surface area contributed by atoms with E-state index < -0.39 is 53.6 Å². The summed E-state index contributed by atoms with van der Waals surface area (Å²) in [5.41, 5.74) is -0.741. The molecule has 0 spiro atoms. The van der Waals surface area contributed by atoms with Gasteiger partial charge in [0.05, 0.1) is 7.11 Å². The predicted octanol–water partition coefficient (Wildman–Crippen LogP) is 3.58. The Labute approximate surface area is 240 Å². The number of esters is 1. The molecule has 4 N–H and O–H groups in total. The zero-order valence-electron chi connectivity index (χ0n) is 24.7. The van der Waals surface area contributed by atoms with Crippen molar-refractivity contribution in [3.8, 4) is 11.5 Å². The number of hydrogen-bond acceptors (Lipinski definition) is 8. The van der Waals surface area contributed by atoms with Gasteiger partial charge in [0, 0.05) is 12.0 Å². The topological polar surface area (TPSA) is 154 Å². The lowest BCUT2D eigenvalue weighted by molar-refractivity contribution is -0.150. The van der Waals surface area contributed by atoms with Gasteiger partial charge in [-0.2, -0.15) is 0 Å². The highest BCUT2D eigenvalue weighted by atomic mass is 16.6. The van der Waals surface area contributed by atoms with E-state index in [4.69, 9.17) is 4.74 Å². The average Bonchev–Trinajstić information content (AvgIpc) is 2.90. The number of aromatic hydroxyl groups is 2. The van der Waals surface area contributed by atoms with E-state index in [0.717, 1.165) is 0 Å². The maximum Gasteiger partial charge on any atom is 0.408 e. The van der Waals surface area contributed by atoms with Crippen LogP contribution < -0.4 is 10.6 Å². The van der Waals surface area contributed by atoms with E-state index in [-0.39, 0.29) is 17.9 Å². The van der Waals surface area contributed by atoms with E-state index in [1.165, 1.54) is 48.4 Å². The lowest BCUT2D eigenvalue weighted by Crippen LogP contribution is -2.60. The van der Waals surface area contributed by atoms with E-state index in [1.807, 2.05) is 6.92 Å². The Balaban J connectivity index is 2.64. The number of phenols is 2. The Kier molecular flexibility index (Phi) is 11.1. The fourth-order valence-corrected chi connectivity index (χ4v) is 4.03. The number of hydrogen-bond donors (Lipinski definition) is 4. The standard InChI is InChI=1S/C30H41N3O8/c1-8-30(5,6)33(25(20-11-15-22(35)16-12-20)26(37)31-18-24(36)40-7)27(38)23(32-28(39)41-29(2,3)4)17-19-9-13-21(34)14-10-19/h9-16,23,25,34-35H,8,17-18H2,1-7H3,(H,31,37)(H,32,39). The molecule has 0 aromatic heterocycles. The Bertz CT molecular complexity index is 1200. The quantitative estimate of drug-likeness (QED) is 0.299. The van der Waals surface area contributed by atoms with E-state index in [9.17, 15) is 29.4 Å². The Morgan fingerprint density at radius 2 is 1.44 bits per heavy atom. The van der Waals surface area contributed by atoms with E-state index in [2.05, 4.69) is 15.4 Å². The molecule has 11 heteroatoms. The highest BCUT2D eigenvalue weighted by molar-refractivity contribution is 5.93. The first-order valence-corrected chi connectivity index (χ1v) is 13.3. The van der Waals surface area contributed by atoms with Crippen LogP contribution in [0.1, 0.15) is 65.1 Å². The molecule has 0 saturated carbocycles. The number of methoxy groups -OCH3 is 1. The third kappa shape index (κ3) is 9.70. The number of nitrogens with one attached hydrogen (secondary N) is 2. The van der Waals surface area contributed by atoms with Crippen LogP contribution in [0.25, 0.3) is 0 Å². The highest BCUT2D eigenvalue weighted by Crippen LogP contribution is 2.33. The van der Waals surface area contributed by atoms with Crippen LogP contribution in [0.15, 0.2) is 48.5 Å². The zero-order valence-corrected chi connectivity index (χ0v) is 24.7. The van der Waals surface area contributed by atoms with Crippen LogP contribution in [0, 0.1) is 0 Å². The van der Waals surface area contributed by atoms with Crippen LogP contribution in [-0.4, -0.2) is 69.8 Å². The lowest BCUT2D eigenvalue weighted by atomic mass is 9.91. The first-order chi connectivity index (χ1) is 19.1. The van der Waals surface area contributed by atoms with Gasteiger partial charge in [-0.15, -0.1) is 0 Å². The summed E-state index contributed by atoms with van der Waals surface area (Å²) in [5.74, 6) is -1.90. The molecule has 0 aliphatic carbocycles. The maximum atomic E-state index is 14.5. The van der Waals surface area contributed by atoms with E-state index in [0.29, 0.717) is 17.5 Å². The second-order valence-electron chi connectivity index (χ2n) is 11.2. The van der Waals surface area contributed by atoms with Crippen molar-refractivity contribution in [1.29, 1.82) is 0 Å². The number of rotatable bonds is 11. The molecule has 0 aliphatic rings. The van der Waals surface area contributed by atoms with Gasteiger partial charge in [0.2, 0.25) is 11.8 Å². The summed E-state index contributed by atoms with van der Waals surface area (Å²) in [5, 5.41) is 24.8. The minimum Gasteiger partial charge on any atom is -0.508 e. The molecule has 224 valence electrons. The first-order valence-electron chi connectivity index (χ1n) is 13.3. The minimum atomic E-state index is -1.24. The summed E-state index contributed by atoms with van der Waals surface area (Å²) in [6.07, 6.45) is -0.364. The van der Waals surface area contributed by atoms with Gasteiger partial charge in [-0.25, -0.2) is 4.79 Å². The summed E-state index contributed by atoms with van der Waals surface area (Å²) in [6.45, 7) is 10.1. The van der Waals surface area contributed by atoms with E-state index in [1.54, 1.807) is 46.8 Å². The van der Waals surface area contributed by atoms with Crippen molar-refractivity contribution >= 4 is 23.9 Å². The van der Waals surface area contributed by atoms with Crippen molar-refractivity contribution in [2.45, 2.75) is 77.6 Å².